The van der Waals surface area contributed by atoms with E-state index in [4.69, 9.17) is 0 Å². The van der Waals surface area contributed by atoms with Gasteiger partial charge in [0.1, 0.15) is 0 Å². The van der Waals surface area contributed by atoms with Crippen molar-refractivity contribution in [2.45, 2.75) is 70.6 Å². The molecule has 18 heavy (non-hydrogen) atoms. The molecule has 0 amide bonds. The maximum absolute atomic E-state index is 1.66. The van der Waals surface area contributed by atoms with Crippen LogP contribution in [0.15, 0.2) is 0 Å². The van der Waals surface area contributed by atoms with Crippen molar-refractivity contribution in [3.8, 4) is 0 Å². The minimum absolute atomic E-state index is 0.898. The molecular weight excluding hydrogens is 216 g/mol. The van der Waals surface area contributed by atoms with Crippen LogP contribution in [0.25, 0.3) is 0 Å². The molecule has 7 unspecified atom stereocenters. The van der Waals surface area contributed by atoms with Gasteiger partial charge in [-0.15, -0.1) is 0 Å². The lowest BCUT2D eigenvalue weighted by atomic mass is 9.42. The molecule has 5 saturated carbocycles. The number of rotatable bonds is 0. The van der Waals surface area contributed by atoms with Gasteiger partial charge in [-0.3, -0.25) is 0 Å². The smallest absolute Gasteiger partial charge is 0.0205 e. The lowest BCUT2D eigenvalue weighted by molar-refractivity contribution is -0.136. The van der Waals surface area contributed by atoms with Crippen molar-refractivity contribution in [3.05, 3.63) is 0 Å². The molecule has 2 bridgehead atoms. The molecule has 0 nitrogen and oxygen atoms in total. The predicted octanol–water partition coefficient (Wildman–Crippen LogP) is 5.03. The Morgan fingerprint density at radius 2 is 1.44 bits per heavy atom. The van der Waals surface area contributed by atoms with Crippen LogP contribution < -0.4 is 0 Å². The Morgan fingerprint density at radius 1 is 0.667 bits per heavy atom. The van der Waals surface area contributed by atoms with Gasteiger partial charge < -0.3 is 0 Å². The Kier molecular flexibility index (Phi) is 2.12. The van der Waals surface area contributed by atoms with E-state index in [0.717, 1.165) is 5.41 Å². The van der Waals surface area contributed by atoms with Gasteiger partial charge in [0.15, 0.2) is 0 Å². The topological polar surface area (TPSA) is 0 Å². The zero-order valence-electron chi connectivity index (χ0n) is 11.7. The highest BCUT2D eigenvalue weighted by Crippen LogP contribution is 2.73. The first-order chi connectivity index (χ1) is 8.89. The summed E-state index contributed by atoms with van der Waals surface area (Å²) >= 11 is 0. The minimum Gasteiger partial charge on any atom is -0.0528 e. The average Bonchev–Trinajstić information content (AvgIpc) is 2.70. The molecule has 5 aliphatic carbocycles. The highest BCUT2D eigenvalue weighted by molar-refractivity contribution is 5.14. The monoisotopic (exact) mass is 244 g/mol. The van der Waals surface area contributed by atoms with Gasteiger partial charge in [0.05, 0.1) is 0 Å². The normalized spacial score (nSPS) is 61.3. The average molecular weight is 244 g/mol. The summed E-state index contributed by atoms with van der Waals surface area (Å²) in [5.74, 6) is 7.09. The van der Waals surface area contributed by atoms with Crippen LogP contribution >= 0.6 is 0 Å². The standard InChI is InChI=1S/C18H28/c1-4-13-10-12-6-3-9-18-15(7-2-8-16(12)18)11-14(5-1)17(13)18/h12-17H,1-11H2. The zero-order chi connectivity index (χ0) is 11.7. The Bertz CT molecular complexity index is 357. The molecule has 5 aliphatic rings. The van der Waals surface area contributed by atoms with E-state index in [9.17, 15) is 0 Å². The molecular formula is C18H28. The summed E-state index contributed by atoms with van der Waals surface area (Å²) in [6.45, 7) is 0. The van der Waals surface area contributed by atoms with E-state index in [1.54, 1.807) is 70.6 Å². The third-order valence-corrected chi connectivity index (χ3v) is 8.25. The largest absolute Gasteiger partial charge is 0.0528 e. The van der Waals surface area contributed by atoms with Crippen LogP contribution in [0.1, 0.15) is 70.6 Å². The van der Waals surface area contributed by atoms with Crippen LogP contribution in [0, 0.1) is 40.9 Å². The summed E-state index contributed by atoms with van der Waals surface area (Å²) < 4.78 is 0. The molecule has 0 aromatic heterocycles. The molecule has 0 saturated heterocycles. The van der Waals surface area contributed by atoms with Gasteiger partial charge in [-0.25, -0.2) is 0 Å². The van der Waals surface area contributed by atoms with Gasteiger partial charge >= 0.3 is 0 Å². The van der Waals surface area contributed by atoms with Gasteiger partial charge in [-0.1, -0.05) is 38.5 Å². The van der Waals surface area contributed by atoms with E-state index >= 15 is 0 Å². The van der Waals surface area contributed by atoms with Crippen LogP contribution in [0.2, 0.25) is 0 Å². The highest BCUT2D eigenvalue weighted by atomic mass is 14.7. The fourth-order valence-corrected chi connectivity index (χ4v) is 8.21. The lowest BCUT2D eigenvalue weighted by Crippen LogP contribution is -2.55. The molecule has 0 radical (unpaired) electrons. The molecule has 7 atom stereocenters. The molecule has 0 aromatic rings. The third kappa shape index (κ3) is 1.11. The number of hydrogen-bond acceptors (Lipinski definition) is 0. The first kappa shape index (κ1) is 10.7. The van der Waals surface area contributed by atoms with E-state index in [2.05, 4.69) is 0 Å². The highest BCUT2D eigenvalue weighted by Gasteiger charge is 2.66. The molecule has 100 valence electrons. The second-order valence-corrected chi connectivity index (χ2v) is 8.45. The summed E-state index contributed by atoms with van der Waals surface area (Å²) in [6, 6.07) is 0. The Morgan fingerprint density at radius 3 is 2.39 bits per heavy atom. The summed E-state index contributed by atoms with van der Waals surface area (Å²) in [7, 11) is 0. The maximum atomic E-state index is 1.66. The van der Waals surface area contributed by atoms with Crippen LogP contribution in [0.4, 0.5) is 0 Å². The fourth-order valence-electron chi connectivity index (χ4n) is 8.21. The van der Waals surface area contributed by atoms with Crippen LogP contribution in [0.3, 0.4) is 0 Å². The predicted molar refractivity (Wildman–Crippen MR) is 74.2 cm³/mol. The minimum atomic E-state index is 0.898. The van der Waals surface area contributed by atoms with E-state index in [-0.39, 0.29) is 0 Å². The molecule has 0 aromatic carbocycles. The first-order valence-electron chi connectivity index (χ1n) is 8.89. The van der Waals surface area contributed by atoms with E-state index in [1.165, 1.54) is 35.5 Å². The quantitative estimate of drug-likeness (QED) is 0.560. The molecule has 5 rings (SSSR count). The zero-order valence-corrected chi connectivity index (χ0v) is 11.7. The van der Waals surface area contributed by atoms with Gasteiger partial charge in [-0.05, 0) is 73.0 Å². The summed E-state index contributed by atoms with van der Waals surface area (Å²) in [6.07, 6.45) is 17.8. The van der Waals surface area contributed by atoms with E-state index in [1.807, 2.05) is 0 Å². The molecule has 5 fully saturated rings. The van der Waals surface area contributed by atoms with Gasteiger partial charge in [0, 0.05) is 0 Å². The summed E-state index contributed by atoms with van der Waals surface area (Å²) in [5, 5.41) is 0. The molecule has 0 aliphatic heterocycles. The van der Waals surface area contributed by atoms with Crippen molar-refractivity contribution in [1.29, 1.82) is 0 Å². The lowest BCUT2D eigenvalue weighted by Gasteiger charge is -2.62. The fraction of sp³-hybridized carbons (Fsp3) is 1.00. The van der Waals surface area contributed by atoms with Crippen molar-refractivity contribution < 1.29 is 0 Å². The maximum Gasteiger partial charge on any atom is -0.0205 e. The van der Waals surface area contributed by atoms with E-state index in [0.29, 0.717) is 0 Å². The second-order valence-electron chi connectivity index (χ2n) is 8.45. The molecule has 0 heterocycles. The van der Waals surface area contributed by atoms with Crippen molar-refractivity contribution in [2.75, 3.05) is 0 Å². The Balaban J connectivity index is 1.66. The van der Waals surface area contributed by atoms with Crippen molar-refractivity contribution in [2.24, 2.45) is 40.9 Å². The van der Waals surface area contributed by atoms with Crippen LogP contribution in [-0.2, 0) is 0 Å². The SMILES string of the molecule is C1CC2CC3CCCC45C(CCCC34)CC(C1)C25. The molecule has 0 N–H and O–H groups in total. The Hall–Kier alpha value is 0. The molecule has 1 spiro atoms. The van der Waals surface area contributed by atoms with Crippen LogP contribution in [0.5, 0.6) is 0 Å². The van der Waals surface area contributed by atoms with Crippen molar-refractivity contribution in [1.82, 2.24) is 0 Å². The Labute approximate surface area is 112 Å². The third-order valence-electron chi connectivity index (χ3n) is 8.25. The van der Waals surface area contributed by atoms with Gasteiger partial charge in [-0.2, -0.15) is 0 Å². The first-order valence-corrected chi connectivity index (χ1v) is 8.89. The van der Waals surface area contributed by atoms with E-state index < -0.39 is 0 Å². The van der Waals surface area contributed by atoms with Crippen molar-refractivity contribution in [3.63, 3.8) is 0 Å². The van der Waals surface area contributed by atoms with Crippen LogP contribution in [-0.4, -0.2) is 0 Å². The van der Waals surface area contributed by atoms with Gasteiger partial charge in [0.2, 0.25) is 0 Å². The van der Waals surface area contributed by atoms with Crippen molar-refractivity contribution >= 4 is 0 Å². The molecule has 0 heteroatoms. The second kappa shape index (κ2) is 3.55. The van der Waals surface area contributed by atoms with Gasteiger partial charge in [0.25, 0.3) is 0 Å². The number of hydrogen-bond donors (Lipinski definition) is 0. The summed E-state index contributed by atoms with van der Waals surface area (Å²) in [5.41, 5.74) is 0.898. The summed E-state index contributed by atoms with van der Waals surface area (Å²) in [4.78, 5) is 0.